The van der Waals surface area contributed by atoms with E-state index in [-0.39, 0.29) is 23.7 Å². The van der Waals surface area contributed by atoms with Crippen LogP contribution in [0, 0.1) is 5.41 Å². The van der Waals surface area contributed by atoms with Crippen LogP contribution in [0.25, 0.3) is 0 Å². The van der Waals surface area contributed by atoms with Gasteiger partial charge in [-0.05, 0) is 36.9 Å². The highest BCUT2D eigenvalue weighted by atomic mass is 35.5. The molecular weight excluding hydrogens is 344 g/mol. The molecule has 6 N–H and O–H groups in total. The largest absolute Gasteiger partial charge is 0.494 e. The minimum Gasteiger partial charge on any atom is -0.494 e. The third-order valence-corrected chi connectivity index (χ3v) is 4.63. The van der Waals surface area contributed by atoms with E-state index in [1.54, 1.807) is 18.2 Å². The van der Waals surface area contributed by atoms with Gasteiger partial charge in [-0.25, -0.2) is 4.79 Å². The Balaban J connectivity index is 0.00000312. The lowest BCUT2D eigenvalue weighted by molar-refractivity contribution is -0.118. The van der Waals surface area contributed by atoms with Crippen LogP contribution in [0.15, 0.2) is 18.2 Å². The molecule has 25 heavy (non-hydrogen) atoms. The maximum absolute atomic E-state index is 12.4. The Morgan fingerprint density at radius 3 is 2.44 bits per heavy atom. The SMILES string of the molecule is COc1cc(NC(=O)CC2(CN)CCCCC2)ccc1NC(N)=O.Cl. The number of nitrogens with two attached hydrogens (primary N) is 2. The normalized spacial score (nSPS) is 15.6. The maximum Gasteiger partial charge on any atom is 0.316 e. The van der Waals surface area contributed by atoms with Crippen molar-refractivity contribution in [1.29, 1.82) is 0 Å². The van der Waals surface area contributed by atoms with Crippen molar-refractivity contribution < 1.29 is 14.3 Å². The van der Waals surface area contributed by atoms with Gasteiger partial charge in [0.25, 0.3) is 0 Å². The zero-order valence-corrected chi connectivity index (χ0v) is 15.3. The number of urea groups is 1. The van der Waals surface area contributed by atoms with Gasteiger partial charge in [-0.15, -0.1) is 12.4 Å². The first kappa shape index (κ1) is 21.1. The Hall–Kier alpha value is -1.99. The van der Waals surface area contributed by atoms with Gasteiger partial charge in [-0.1, -0.05) is 19.3 Å². The number of methoxy groups -OCH3 is 1. The standard InChI is InChI=1S/C17H26N4O3.ClH/c1-24-14-9-12(5-6-13(14)21-16(19)23)20-15(22)10-17(11-18)7-3-2-4-8-17;/h5-6,9H,2-4,7-8,10-11,18H2,1H3,(H,20,22)(H3,19,21,23);1H. The minimum absolute atomic E-state index is 0. The molecule has 1 fully saturated rings. The van der Waals surface area contributed by atoms with Crippen LogP contribution in [-0.4, -0.2) is 25.6 Å². The maximum atomic E-state index is 12.4. The molecule has 3 amide bonds. The van der Waals surface area contributed by atoms with Crippen LogP contribution in [0.1, 0.15) is 38.5 Å². The molecule has 0 aliphatic heterocycles. The quantitative estimate of drug-likeness (QED) is 0.615. The Bertz CT molecular complexity index is 604. The number of hydrogen-bond donors (Lipinski definition) is 4. The fraction of sp³-hybridized carbons (Fsp3) is 0.529. The predicted octanol–water partition coefficient (Wildman–Crippen LogP) is 2.85. The minimum atomic E-state index is -0.674. The summed E-state index contributed by atoms with van der Waals surface area (Å²) in [6.45, 7) is 0.533. The van der Waals surface area contributed by atoms with E-state index in [4.69, 9.17) is 16.2 Å². The lowest BCUT2D eigenvalue weighted by Gasteiger charge is -2.35. The second-order valence-electron chi connectivity index (χ2n) is 6.39. The van der Waals surface area contributed by atoms with E-state index in [0.29, 0.717) is 30.1 Å². The van der Waals surface area contributed by atoms with Crippen LogP contribution in [0.5, 0.6) is 5.75 Å². The molecule has 0 radical (unpaired) electrons. The molecule has 8 heteroatoms. The summed E-state index contributed by atoms with van der Waals surface area (Å²) in [5.74, 6) is 0.373. The van der Waals surface area contributed by atoms with Crippen molar-refractivity contribution in [3.8, 4) is 5.75 Å². The average Bonchev–Trinajstić information content (AvgIpc) is 2.56. The summed E-state index contributed by atoms with van der Waals surface area (Å²) in [6, 6.07) is 4.31. The number of nitrogens with one attached hydrogen (secondary N) is 2. The highest BCUT2D eigenvalue weighted by Crippen LogP contribution is 2.38. The second kappa shape index (κ2) is 9.48. The molecule has 1 aromatic carbocycles. The van der Waals surface area contributed by atoms with E-state index < -0.39 is 6.03 Å². The highest BCUT2D eigenvalue weighted by molar-refractivity contribution is 5.93. The molecule has 0 atom stereocenters. The van der Waals surface area contributed by atoms with E-state index in [1.807, 2.05) is 0 Å². The number of halogens is 1. The fourth-order valence-electron chi connectivity index (χ4n) is 3.31. The molecule has 0 spiro atoms. The third-order valence-electron chi connectivity index (χ3n) is 4.63. The molecule has 1 saturated carbocycles. The number of anilines is 2. The molecule has 0 saturated heterocycles. The number of benzene rings is 1. The van der Waals surface area contributed by atoms with Crippen LogP contribution in [0.2, 0.25) is 0 Å². The molecule has 0 bridgehead atoms. The van der Waals surface area contributed by atoms with Crippen LogP contribution >= 0.6 is 12.4 Å². The molecule has 0 heterocycles. The van der Waals surface area contributed by atoms with Crippen LogP contribution < -0.4 is 26.8 Å². The molecule has 1 aromatic rings. The van der Waals surface area contributed by atoms with Gasteiger partial charge < -0.3 is 26.8 Å². The van der Waals surface area contributed by atoms with Crippen LogP contribution in [0.4, 0.5) is 16.2 Å². The van der Waals surface area contributed by atoms with Gasteiger partial charge in [0.1, 0.15) is 5.75 Å². The van der Waals surface area contributed by atoms with Crippen molar-refractivity contribution >= 4 is 35.7 Å². The highest BCUT2D eigenvalue weighted by Gasteiger charge is 2.33. The summed E-state index contributed by atoms with van der Waals surface area (Å²) in [4.78, 5) is 23.4. The summed E-state index contributed by atoms with van der Waals surface area (Å²) >= 11 is 0. The smallest absolute Gasteiger partial charge is 0.316 e. The summed E-state index contributed by atoms with van der Waals surface area (Å²) in [7, 11) is 1.48. The number of carbonyl (C=O) groups excluding carboxylic acids is 2. The zero-order chi connectivity index (χ0) is 17.6. The molecule has 7 nitrogen and oxygen atoms in total. The summed E-state index contributed by atoms with van der Waals surface area (Å²) in [5.41, 5.74) is 12.0. The van der Waals surface area contributed by atoms with Gasteiger partial charge >= 0.3 is 6.03 Å². The number of rotatable bonds is 6. The third kappa shape index (κ3) is 5.79. The summed E-state index contributed by atoms with van der Waals surface area (Å²) < 4.78 is 5.22. The summed E-state index contributed by atoms with van der Waals surface area (Å²) in [5, 5.41) is 5.36. The monoisotopic (exact) mass is 370 g/mol. The molecular formula is C17H27ClN4O3. The van der Waals surface area contributed by atoms with E-state index in [2.05, 4.69) is 10.6 Å². The zero-order valence-electron chi connectivity index (χ0n) is 14.5. The molecule has 140 valence electrons. The predicted molar refractivity (Wildman–Crippen MR) is 101 cm³/mol. The molecule has 0 aromatic heterocycles. The van der Waals surface area contributed by atoms with Crippen molar-refractivity contribution in [2.75, 3.05) is 24.3 Å². The lowest BCUT2D eigenvalue weighted by Crippen LogP contribution is -2.36. The van der Waals surface area contributed by atoms with Crippen molar-refractivity contribution in [2.24, 2.45) is 16.9 Å². The van der Waals surface area contributed by atoms with Crippen molar-refractivity contribution in [2.45, 2.75) is 38.5 Å². The number of primary amides is 1. The molecule has 1 aliphatic carbocycles. The first-order chi connectivity index (χ1) is 11.5. The van der Waals surface area contributed by atoms with Crippen LogP contribution in [0.3, 0.4) is 0 Å². The second-order valence-corrected chi connectivity index (χ2v) is 6.39. The number of amides is 3. The molecule has 2 rings (SSSR count). The fourth-order valence-corrected chi connectivity index (χ4v) is 3.31. The number of hydrogen-bond acceptors (Lipinski definition) is 4. The van der Waals surface area contributed by atoms with Gasteiger partial charge in [-0.2, -0.15) is 0 Å². The van der Waals surface area contributed by atoms with Crippen molar-refractivity contribution in [3.05, 3.63) is 18.2 Å². The van der Waals surface area contributed by atoms with E-state index in [1.165, 1.54) is 13.5 Å². The van der Waals surface area contributed by atoms with Crippen molar-refractivity contribution in [1.82, 2.24) is 0 Å². The lowest BCUT2D eigenvalue weighted by atomic mass is 9.71. The Morgan fingerprint density at radius 2 is 1.88 bits per heavy atom. The first-order valence-electron chi connectivity index (χ1n) is 8.22. The molecule has 1 aliphatic rings. The Labute approximate surface area is 154 Å². The Kier molecular flexibility index (Phi) is 7.99. The molecule has 0 unspecified atom stereocenters. The van der Waals surface area contributed by atoms with Crippen molar-refractivity contribution in [3.63, 3.8) is 0 Å². The van der Waals surface area contributed by atoms with Gasteiger partial charge in [0.15, 0.2) is 0 Å². The van der Waals surface area contributed by atoms with Gasteiger partial charge in [0.2, 0.25) is 5.91 Å². The first-order valence-corrected chi connectivity index (χ1v) is 8.22. The van der Waals surface area contributed by atoms with Gasteiger partial charge in [0, 0.05) is 18.2 Å². The van der Waals surface area contributed by atoms with E-state index >= 15 is 0 Å². The topological polar surface area (TPSA) is 119 Å². The number of carbonyl (C=O) groups is 2. The Morgan fingerprint density at radius 1 is 1.20 bits per heavy atom. The summed E-state index contributed by atoms with van der Waals surface area (Å²) in [6.07, 6.45) is 5.91. The van der Waals surface area contributed by atoms with Crippen LogP contribution in [-0.2, 0) is 4.79 Å². The number of ether oxygens (including phenoxy) is 1. The van der Waals surface area contributed by atoms with E-state index in [0.717, 1.165) is 25.7 Å². The van der Waals surface area contributed by atoms with Gasteiger partial charge in [0.05, 0.1) is 12.8 Å². The van der Waals surface area contributed by atoms with Gasteiger partial charge in [-0.3, -0.25) is 4.79 Å². The average molecular weight is 371 g/mol. The van der Waals surface area contributed by atoms with E-state index in [9.17, 15) is 9.59 Å².